The number of rotatable bonds is 9. The molecule has 0 aliphatic carbocycles. The number of hydrogen-bond donors (Lipinski definition) is 0. The predicted octanol–water partition coefficient (Wildman–Crippen LogP) is 7.10. The molecule has 0 amide bonds. The fourth-order valence-electron chi connectivity index (χ4n) is 3.69. The minimum atomic E-state index is -0.320. The van der Waals surface area contributed by atoms with Gasteiger partial charge >= 0.3 is 0 Å². The van der Waals surface area contributed by atoms with Crippen LogP contribution in [-0.2, 0) is 9.53 Å². The first kappa shape index (κ1) is 25.2. The van der Waals surface area contributed by atoms with Crippen LogP contribution in [0.2, 0.25) is 0 Å². The van der Waals surface area contributed by atoms with Crippen LogP contribution in [0.4, 0.5) is 0 Å². The van der Waals surface area contributed by atoms with E-state index in [0.29, 0.717) is 17.9 Å². The molecule has 30 heavy (non-hydrogen) atoms. The maximum absolute atomic E-state index is 12.8. The van der Waals surface area contributed by atoms with E-state index in [2.05, 4.69) is 39.5 Å². The van der Waals surface area contributed by atoms with Crippen molar-refractivity contribution in [1.82, 2.24) is 0 Å². The normalized spacial score (nSPS) is 13.1. The standard InChI is InChI=1S/C27H35NO2/c1-10-14-30-22(9)26(20(7)18(5)11-2)27(25(17(3)4)21(8)29)24-13-12-23(16-28)15-19(24)6/h11-13,15,27H,9-10,14H2,1-8H3/b18-11-,26-20+/t27-/m1/s1. The van der Waals surface area contributed by atoms with Crippen molar-refractivity contribution in [2.24, 2.45) is 0 Å². The minimum absolute atomic E-state index is 0.0236. The van der Waals surface area contributed by atoms with E-state index in [0.717, 1.165) is 45.4 Å². The lowest BCUT2D eigenvalue weighted by Gasteiger charge is -2.29. The quantitative estimate of drug-likeness (QED) is 0.250. The number of hydrogen-bond acceptors (Lipinski definition) is 3. The molecule has 0 heterocycles. The monoisotopic (exact) mass is 405 g/mol. The molecule has 0 aliphatic rings. The van der Waals surface area contributed by atoms with Crippen LogP contribution in [0.3, 0.4) is 0 Å². The van der Waals surface area contributed by atoms with Gasteiger partial charge in [0.05, 0.1) is 18.2 Å². The van der Waals surface area contributed by atoms with Gasteiger partial charge in [0.25, 0.3) is 0 Å². The average molecular weight is 406 g/mol. The molecule has 0 saturated carbocycles. The number of nitriles is 1. The highest BCUT2D eigenvalue weighted by atomic mass is 16.5. The van der Waals surface area contributed by atoms with Gasteiger partial charge in [0.1, 0.15) is 5.76 Å². The molecule has 3 heteroatoms. The highest BCUT2D eigenvalue weighted by molar-refractivity contribution is 5.96. The van der Waals surface area contributed by atoms with Crippen LogP contribution in [-0.4, -0.2) is 12.4 Å². The van der Waals surface area contributed by atoms with Gasteiger partial charge in [-0.15, -0.1) is 0 Å². The van der Waals surface area contributed by atoms with Crippen molar-refractivity contribution in [3.05, 3.63) is 81.2 Å². The van der Waals surface area contributed by atoms with Gasteiger partial charge in [0.15, 0.2) is 5.78 Å². The predicted molar refractivity (Wildman–Crippen MR) is 125 cm³/mol. The molecule has 0 aliphatic heterocycles. The van der Waals surface area contributed by atoms with Crippen LogP contribution in [0.5, 0.6) is 0 Å². The first-order valence-corrected chi connectivity index (χ1v) is 10.5. The Kier molecular flexibility index (Phi) is 9.53. The first-order chi connectivity index (χ1) is 14.1. The largest absolute Gasteiger partial charge is 0.494 e. The molecular weight excluding hydrogens is 370 g/mol. The maximum atomic E-state index is 12.8. The minimum Gasteiger partial charge on any atom is -0.494 e. The third-order valence-corrected chi connectivity index (χ3v) is 5.41. The van der Waals surface area contributed by atoms with Crippen LogP contribution in [0.1, 0.15) is 77.5 Å². The molecule has 0 N–H and O–H groups in total. The van der Waals surface area contributed by atoms with Crippen molar-refractivity contribution in [3.8, 4) is 6.07 Å². The second kappa shape index (κ2) is 11.4. The lowest BCUT2D eigenvalue weighted by atomic mass is 9.76. The number of aryl methyl sites for hydroxylation is 1. The molecule has 0 radical (unpaired) electrons. The van der Waals surface area contributed by atoms with Crippen molar-refractivity contribution in [3.63, 3.8) is 0 Å². The third kappa shape index (κ3) is 5.83. The highest BCUT2D eigenvalue weighted by Gasteiger charge is 2.30. The lowest BCUT2D eigenvalue weighted by molar-refractivity contribution is -0.113. The van der Waals surface area contributed by atoms with E-state index in [1.54, 1.807) is 6.92 Å². The van der Waals surface area contributed by atoms with Crippen LogP contribution < -0.4 is 0 Å². The Balaban J connectivity index is 4.01. The fraction of sp³-hybridized carbons (Fsp3) is 0.407. The van der Waals surface area contributed by atoms with E-state index in [4.69, 9.17) is 4.74 Å². The summed E-state index contributed by atoms with van der Waals surface area (Å²) in [5.41, 5.74) is 7.32. The Morgan fingerprint density at radius 3 is 2.27 bits per heavy atom. The Hall–Kier alpha value is -2.86. The van der Waals surface area contributed by atoms with E-state index in [-0.39, 0.29) is 11.7 Å². The molecule has 1 rings (SSSR count). The van der Waals surface area contributed by atoms with Crippen molar-refractivity contribution in [1.29, 1.82) is 5.26 Å². The Bertz CT molecular complexity index is 948. The Labute approximate surface area is 182 Å². The zero-order valence-electron chi connectivity index (χ0n) is 19.8. The number of Topliss-reactive ketones (excluding diaryl/α,β-unsaturated/α-hetero) is 1. The number of carbonyl (C=O) groups is 1. The fourth-order valence-corrected chi connectivity index (χ4v) is 3.69. The van der Waals surface area contributed by atoms with E-state index in [9.17, 15) is 10.1 Å². The molecule has 160 valence electrons. The SMILES string of the molecule is C=C(OCCC)/C(=C(C)\C(C)=C/C)[C@@H](C(C(C)=O)=C(C)C)c1ccc(C#N)cc1C. The van der Waals surface area contributed by atoms with Gasteiger partial charge in [-0.2, -0.15) is 5.26 Å². The van der Waals surface area contributed by atoms with Crippen molar-refractivity contribution in [2.45, 2.75) is 67.7 Å². The van der Waals surface area contributed by atoms with E-state index >= 15 is 0 Å². The molecule has 0 fully saturated rings. The topological polar surface area (TPSA) is 50.1 Å². The molecule has 0 bridgehead atoms. The summed E-state index contributed by atoms with van der Waals surface area (Å²) < 4.78 is 6.00. The molecule has 0 aromatic heterocycles. The zero-order valence-corrected chi connectivity index (χ0v) is 19.8. The average Bonchev–Trinajstić information content (AvgIpc) is 2.70. The number of ether oxygens (including phenoxy) is 1. The van der Waals surface area contributed by atoms with Gasteiger partial charge in [0, 0.05) is 17.1 Å². The van der Waals surface area contributed by atoms with Gasteiger partial charge in [-0.1, -0.05) is 36.8 Å². The third-order valence-electron chi connectivity index (χ3n) is 5.41. The number of benzene rings is 1. The van der Waals surface area contributed by atoms with E-state index in [1.807, 2.05) is 45.9 Å². The molecule has 1 atom stereocenters. The molecule has 0 unspecified atom stereocenters. The van der Waals surface area contributed by atoms with Gasteiger partial charge in [-0.05, 0) is 83.7 Å². The second-order valence-corrected chi connectivity index (χ2v) is 7.87. The van der Waals surface area contributed by atoms with Gasteiger partial charge in [0.2, 0.25) is 0 Å². The molecule has 1 aromatic carbocycles. The summed E-state index contributed by atoms with van der Waals surface area (Å²) >= 11 is 0. The van der Waals surface area contributed by atoms with Gasteiger partial charge in [-0.3, -0.25) is 4.79 Å². The zero-order chi connectivity index (χ0) is 23.0. The Morgan fingerprint density at radius 1 is 1.20 bits per heavy atom. The molecular formula is C27H35NO2. The smallest absolute Gasteiger partial charge is 0.156 e. The Morgan fingerprint density at radius 2 is 1.83 bits per heavy atom. The molecule has 0 spiro atoms. The maximum Gasteiger partial charge on any atom is 0.156 e. The number of carbonyl (C=O) groups excluding carboxylic acids is 1. The first-order valence-electron chi connectivity index (χ1n) is 10.5. The summed E-state index contributed by atoms with van der Waals surface area (Å²) in [5, 5.41) is 9.30. The van der Waals surface area contributed by atoms with Crippen LogP contribution in [0.25, 0.3) is 0 Å². The molecule has 1 aromatic rings. The van der Waals surface area contributed by atoms with E-state index < -0.39 is 0 Å². The second-order valence-electron chi connectivity index (χ2n) is 7.87. The number of allylic oxidation sites excluding steroid dienone is 6. The summed E-state index contributed by atoms with van der Waals surface area (Å²) in [4.78, 5) is 12.8. The number of nitrogens with zero attached hydrogens (tertiary/aromatic N) is 1. The number of ketones is 1. The van der Waals surface area contributed by atoms with Crippen LogP contribution in [0, 0.1) is 18.3 Å². The van der Waals surface area contributed by atoms with Gasteiger partial charge < -0.3 is 4.74 Å². The van der Waals surface area contributed by atoms with Crippen LogP contribution >= 0.6 is 0 Å². The van der Waals surface area contributed by atoms with Crippen molar-refractivity contribution < 1.29 is 9.53 Å². The van der Waals surface area contributed by atoms with Gasteiger partial charge in [-0.25, -0.2) is 0 Å². The van der Waals surface area contributed by atoms with Crippen molar-refractivity contribution >= 4 is 5.78 Å². The highest BCUT2D eigenvalue weighted by Crippen LogP contribution is 2.42. The summed E-state index contributed by atoms with van der Waals surface area (Å²) in [6.07, 6.45) is 2.93. The summed E-state index contributed by atoms with van der Waals surface area (Å²) in [6, 6.07) is 7.83. The lowest BCUT2D eigenvalue weighted by Crippen LogP contribution is -2.18. The van der Waals surface area contributed by atoms with Crippen molar-refractivity contribution in [2.75, 3.05) is 6.61 Å². The molecule has 0 saturated heterocycles. The van der Waals surface area contributed by atoms with Crippen LogP contribution in [0.15, 0.2) is 64.5 Å². The van der Waals surface area contributed by atoms with E-state index in [1.165, 1.54) is 0 Å². The summed E-state index contributed by atoms with van der Waals surface area (Å²) in [6.45, 7) is 20.5. The molecule has 3 nitrogen and oxygen atoms in total. The summed E-state index contributed by atoms with van der Waals surface area (Å²) in [7, 11) is 0. The summed E-state index contributed by atoms with van der Waals surface area (Å²) in [5.74, 6) is 0.291.